The Morgan fingerprint density at radius 1 is 0.358 bits per heavy atom. The van der Waals surface area contributed by atoms with Crippen LogP contribution >= 0.6 is 0 Å². The highest BCUT2D eigenvalue weighted by molar-refractivity contribution is 5.73. The van der Waals surface area contributed by atoms with Crippen molar-refractivity contribution < 1.29 is 0 Å². The number of pyridine rings is 1. The fourth-order valence-corrected chi connectivity index (χ4v) is 6.12. The number of rotatable bonds is 8. The Labute approximate surface area is 309 Å². The van der Waals surface area contributed by atoms with Gasteiger partial charge in [0, 0.05) is 52.1 Å². The van der Waals surface area contributed by atoms with Gasteiger partial charge in [0.2, 0.25) is 0 Å². The molecule has 4 aromatic heterocycles. The van der Waals surface area contributed by atoms with Crippen molar-refractivity contribution in [1.29, 1.82) is 0 Å². The molecule has 256 valence electrons. The van der Waals surface area contributed by atoms with Crippen LogP contribution in [-0.2, 0) is 6.42 Å². The molecule has 0 radical (unpaired) electrons. The highest BCUT2D eigenvalue weighted by Crippen LogP contribution is 2.30. The first kappa shape index (κ1) is 33.4. The topological polar surface area (TPSA) is 90.2 Å². The number of hydrogen-bond donors (Lipinski definition) is 0. The molecule has 0 saturated heterocycles. The van der Waals surface area contributed by atoms with E-state index in [0.29, 0.717) is 17.5 Å². The molecular weight excluding hydrogens is 651 g/mol. The smallest absolute Gasteiger partial charge is 0.163 e. The first-order valence-electron chi connectivity index (χ1n) is 17.7. The summed E-state index contributed by atoms with van der Waals surface area (Å²) < 4.78 is 0. The summed E-state index contributed by atoms with van der Waals surface area (Å²) in [5, 5.41) is 0. The van der Waals surface area contributed by atoms with Crippen LogP contribution in [0.4, 0.5) is 0 Å². The van der Waals surface area contributed by atoms with Crippen molar-refractivity contribution in [3.05, 3.63) is 174 Å². The maximum Gasteiger partial charge on any atom is 0.163 e. The monoisotopic (exact) mass is 687 g/mol. The van der Waals surface area contributed by atoms with Crippen molar-refractivity contribution in [2.24, 2.45) is 0 Å². The highest BCUT2D eigenvalue weighted by atomic mass is 14.9. The number of hydrogen-bond acceptors (Lipinski definition) is 7. The zero-order chi connectivity index (χ0) is 36.3. The van der Waals surface area contributed by atoms with E-state index < -0.39 is 0 Å². The Hall–Kier alpha value is -6.73. The van der Waals surface area contributed by atoms with Gasteiger partial charge in [0.15, 0.2) is 11.6 Å². The minimum Gasteiger partial charge on any atom is -0.261 e. The summed E-state index contributed by atoms with van der Waals surface area (Å²) in [4.78, 5) is 33.1. The van der Waals surface area contributed by atoms with E-state index in [1.165, 1.54) is 22.3 Å². The van der Waals surface area contributed by atoms with E-state index in [1.54, 1.807) is 12.4 Å². The van der Waals surface area contributed by atoms with E-state index in [4.69, 9.17) is 19.9 Å². The molecule has 0 bridgehead atoms. The maximum atomic E-state index is 4.99. The summed E-state index contributed by atoms with van der Waals surface area (Å²) in [6.45, 7) is 8.02. The summed E-state index contributed by atoms with van der Waals surface area (Å²) in [7, 11) is 0. The lowest BCUT2D eigenvalue weighted by molar-refractivity contribution is 1.04. The molecule has 0 N–H and O–H groups in total. The SMILES string of the molecule is Cc1ccc(-c2cc(-c3ccc(Cc4ccc(-c5cc(-c6ccc(C)cc6)nc(-c6cnc(C)nc6)n5)cc4)cc3)nc(-c3ccc(C)nc3)n2)cc1. The fourth-order valence-electron chi connectivity index (χ4n) is 6.12. The lowest BCUT2D eigenvalue weighted by atomic mass is 9.99. The van der Waals surface area contributed by atoms with Crippen LogP contribution < -0.4 is 0 Å². The molecule has 7 nitrogen and oxygen atoms in total. The van der Waals surface area contributed by atoms with Crippen molar-refractivity contribution in [1.82, 2.24) is 34.9 Å². The number of aromatic nitrogens is 7. The van der Waals surface area contributed by atoms with Crippen LogP contribution in [-0.4, -0.2) is 34.9 Å². The second-order valence-corrected chi connectivity index (χ2v) is 13.4. The number of benzene rings is 4. The van der Waals surface area contributed by atoms with E-state index in [0.717, 1.165) is 68.3 Å². The molecule has 7 heteroatoms. The largest absolute Gasteiger partial charge is 0.261 e. The molecule has 8 aromatic rings. The lowest BCUT2D eigenvalue weighted by Crippen LogP contribution is -1.98. The lowest BCUT2D eigenvalue weighted by Gasteiger charge is -2.11. The average Bonchev–Trinajstić information content (AvgIpc) is 3.19. The molecule has 53 heavy (non-hydrogen) atoms. The highest BCUT2D eigenvalue weighted by Gasteiger charge is 2.14. The van der Waals surface area contributed by atoms with Crippen molar-refractivity contribution >= 4 is 0 Å². The third kappa shape index (κ3) is 7.65. The van der Waals surface area contributed by atoms with Gasteiger partial charge < -0.3 is 0 Å². The normalized spacial score (nSPS) is 11.1. The molecule has 0 atom stereocenters. The predicted molar refractivity (Wildman–Crippen MR) is 212 cm³/mol. The van der Waals surface area contributed by atoms with Gasteiger partial charge in [0.1, 0.15) is 5.82 Å². The van der Waals surface area contributed by atoms with Crippen LogP contribution in [0, 0.1) is 27.7 Å². The van der Waals surface area contributed by atoms with E-state index >= 15 is 0 Å². The Morgan fingerprint density at radius 3 is 1.11 bits per heavy atom. The Bertz CT molecular complexity index is 2200. The van der Waals surface area contributed by atoms with Gasteiger partial charge in [-0.1, -0.05) is 108 Å². The third-order valence-corrected chi connectivity index (χ3v) is 9.26. The van der Waals surface area contributed by atoms with E-state index in [1.807, 2.05) is 32.2 Å². The molecule has 0 aliphatic carbocycles. The second-order valence-electron chi connectivity index (χ2n) is 13.4. The maximum absolute atomic E-state index is 4.99. The van der Waals surface area contributed by atoms with Gasteiger partial charge >= 0.3 is 0 Å². The molecule has 4 aromatic carbocycles. The van der Waals surface area contributed by atoms with E-state index in [-0.39, 0.29) is 0 Å². The summed E-state index contributed by atoms with van der Waals surface area (Å²) in [5.41, 5.74) is 15.0. The molecule has 0 amide bonds. The molecule has 0 aliphatic heterocycles. The minimum atomic E-state index is 0.597. The fraction of sp³-hybridized carbons (Fsp3) is 0.109. The molecule has 0 aliphatic rings. The van der Waals surface area contributed by atoms with Crippen LogP contribution in [0.2, 0.25) is 0 Å². The molecule has 0 saturated carbocycles. The predicted octanol–water partition coefficient (Wildman–Crippen LogP) is 10.3. The van der Waals surface area contributed by atoms with Gasteiger partial charge in [-0.3, -0.25) is 4.98 Å². The van der Waals surface area contributed by atoms with Gasteiger partial charge in [-0.2, -0.15) is 0 Å². The van der Waals surface area contributed by atoms with Crippen molar-refractivity contribution in [2.45, 2.75) is 34.1 Å². The Balaban J connectivity index is 1.06. The first-order chi connectivity index (χ1) is 25.8. The Kier molecular flexibility index (Phi) is 9.13. The zero-order valence-corrected chi connectivity index (χ0v) is 30.1. The molecule has 0 fully saturated rings. The van der Waals surface area contributed by atoms with Crippen LogP contribution in [0.15, 0.2) is 140 Å². The van der Waals surface area contributed by atoms with Gasteiger partial charge in [-0.15, -0.1) is 0 Å². The second kappa shape index (κ2) is 14.5. The first-order valence-corrected chi connectivity index (χ1v) is 17.7. The summed E-state index contributed by atoms with van der Waals surface area (Å²) in [6, 6.07) is 42.2. The molecule has 8 rings (SSSR count). The van der Waals surface area contributed by atoms with Crippen LogP contribution in [0.5, 0.6) is 0 Å². The van der Waals surface area contributed by atoms with Crippen LogP contribution in [0.25, 0.3) is 67.8 Å². The Morgan fingerprint density at radius 2 is 0.717 bits per heavy atom. The van der Waals surface area contributed by atoms with E-state index in [2.05, 4.69) is 138 Å². The van der Waals surface area contributed by atoms with Gasteiger partial charge in [-0.05, 0) is 69.5 Å². The van der Waals surface area contributed by atoms with E-state index in [9.17, 15) is 0 Å². The van der Waals surface area contributed by atoms with Gasteiger partial charge in [-0.25, -0.2) is 29.9 Å². The van der Waals surface area contributed by atoms with Crippen molar-refractivity contribution in [3.8, 4) is 67.8 Å². The number of aryl methyl sites for hydroxylation is 4. The third-order valence-electron chi connectivity index (χ3n) is 9.26. The zero-order valence-electron chi connectivity index (χ0n) is 30.1. The average molecular weight is 688 g/mol. The van der Waals surface area contributed by atoms with Crippen molar-refractivity contribution in [2.75, 3.05) is 0 Å². The molecule has 4 heterocycles. The van der Waals surface area contributed by atoms with Crippen molar-refractivity contribution in [3.63, 3.8) is 0 Å². The van der Waals surface area contributed by atoms with Gasteiger partial charge in [0.05, 0.1) is 28.3 Å². The van der Waals surface area contributed by atoms with Crippen LogP contribution in [0.1, 0.15) is 33.8 Å². The molecule has 0 unspecified atom stereocenters. The minimum absolute atomic E-state index is 0.597. The van der Waals surface area contributed by atoms with Gasteiger partial charge in [0.25, 0.3) is 0 Å². The quantitative estimate of drug-likeness (QED) is 0.157. The molecular formula is C46H37N7. The standard InChI is InChI=1S/C46H37N7/c1-29-5-14-35(15-6-29)41-24-43(51-45(50-41)39-18-9-31(3)47-26-39)37-19-10-33(11-20-37)23-34-12-21-38(22-13-34)44-25-42(36-16-7-30(2)8-17-36)52-46(53-44)40-27-48-32(4)49-28-40/h5-22,24-28H,23H2,1-4H3. The summed E-state index contributed by atoms with van der Waals surface area (Å²) in [6.07, 6.45) is 6.20. The summed E-state index contributed by atoms with van der Waals surface area (Å²) in [5.74, 6) is 1.96. The molecule has 0 spiro atoms. The summed E-state index contributed by atoms with van der Waals surface area (Å²) >= 11 is 0. The van der Waals surface area contributed by atoms with Crippen LogP contribution in [0.3, 0.4) is 0 Å². The number of nitrogens with zero attached hydrogens (tertiary/aromatic N) is 7.